The Morgan fingerprint density at radius 2 is 1.53 bits per heavy atom. The number of carbonyl (C=O) groups is 3. The molecular formula is C25H22Cl2N2O8S. The Hall–Kier alpha value is -3.80. The molecule has 10 nitrogen and oxygen atoms in total. The number of hydrogen-bond acceptors (Lipinski definition) is 7. The molecule has 3 N–H and O–H groups in total. The van der Waals surface area contributed by atoms with Crippen molar-refractivity contribution in [1.82, 2.24) is 0 Å². The summed E-state index contributed by atoms with van der Waals surface area (Å²) in [6.45, 7) is -0.487. The molecule has 0 aliphatic carbocycles. The minimum Gasteiger partial charge on any atom is -0.497 e. The number of hydrogen-bond donors (Lipinski definition) is 3. The van der Waals surface area contributed by atoms with E-state index < -0.39 is 46.1 Å². The number of aliphatic carboxylic acids is 1. The summed E-state index contributed by atoms with van der Waals surface area (Å²) in [6, 6.07) is 15.8. The molecule has 0 spiro atoms. The van der Waals surface area contributed by atoms with Crippen molar-refractivity contribution in [1.29, 1.82) is 0 Å². The van der Waals surface area contributed by atoms with E-state index in [0.717, 1.165) is 0 Å². The number of halogens is 2. The summed E-state index contributed by atoms with van der Waals surface area (Å²) in [5.41, 5.74) is 0.946. The first-order valence-electron chi connectivity index (χ1n) is 10.9. The molecule has 3 rings (SSSR count). The lowest BCUT2D eigenvalue weighted by atomic mass is 10.2. The highest BCUT2D eigenvalue weighted by Gasteiger charge is 2.34. The lowest BCUT2D eigenvalue weighted by Gasteiger charge is -2.15. The number of carboxylic acids is 1. The molecule has 200 valence electrons. The van der Waals surface area contributed by atoms with E-state index >= 15 is 0 Å². The van der Waals surface area contributed by atoms with Crippen LogP contribution in [0.25, 0.3) is 0 Å². The summed E-state index contributed by atoms with van der Waals surface area (Å²) in [6.07, 6.45) is -1.43. The molecule has 0 saturated heterocycles. The average molecular weight is 581 g/mol. The van der Waals surface area contributed by atoms with Crippen LogP contribution in [0.2, 0.25) is 10.0 Å². The highest BCUT2D eigenvalue weighted by Crippen LogP contribution is 2.25. The third kappa shape index (κ3) is 7.37. The van der Waals surface area contributed by atoms with Gasteiger partial charge in [-0.25, -0.2) is 13.2 Å². The van der Waals surface area contributed by atoms with Crippen molar-refractivity contribution in [3.63, 3.8) is 0 Å². The van der Waals surface area contributed by atoms with E-state index in [1.165, 1.54) is 49.6 Å². The fraction of sp³-hybridized carbons (Fsp3) is 0.160. The minimum absolute atomic E-state index is 0.202. The van der Waals surface area contributed by atoms with Crippen LogP contribution < -0.4 is 15.4 Å². The van der Waals surface area contributed by atoms with Crippen molar-refractivity contribution >= 4 is 62.4 Å². The number of nitrogens with one attached hydrogen (secondary N) is 2. The number of anilines is 2. The fourth-order valence-electron chi connectivity index (χ4n) is 3.24. The summed E-state index contributed by atoms with van der Waals surface area (Å²) in [7, 11) is -2.84. The van der Waals surface area contributed by atoms with Crippen LogP contribution in [0.3, 0.4) is 0 Å². The molecule has 0 aromatic heterocycles. The molecule has 13 heteroatoms. The van der Waals surface area contributed by atoms with Crippen LogP contribution in [0.15, 0.2) is 71.6 Å². The van der Waals surface area contributed by atoms with Gasteiger partial charge in [-0.1, -0.05) is 23.2 Å². The van der Waals surface area contributed by atoms with E-state index in [0.29, 0.717) is 17.0 Å². The van der Waals surface area contributed by atoms with Crippen LogP contribution in [-0.4, -0.2) is 50.5 Å². The van der Waals surface area contributed by atoms with Gasteiger partial charge in [0.1, 0.15) is 5.75 Å². The first-order valence-corrected chi connectivity index (χ1v) is 13.2. The Morgan fingerprint density at radius 3 is 2.11 bits per heavy atom. The van der Waals surface area contributed by atoms with Crippen molar-refractivity contribution in [3.05, 3.63) is 82.3 Å². The van der Waals surface area contributed by atoms with Crippen LogP contribution >= 0.6 is 23.2 Å². The Balaban J connectivity index is 1.61. The zero-order valence-corrected chi connectivity index (χ0v) is 22.1. The predicted octanol–water partition coefficient (Wildman–Crippen LogP) is 5.12. The summed E-state index contributed by atoms with van der Waals surface area (Å²) >= 11 is 11.7. The molecule has 1 atom stereocenters. The molecule has 2 amide bonds. The van der Waals surface area contributed by atoms with Gasteiger partial charge in [0.05, 0.1) is 28.7 Å². The monoisotopic (exact) mass is 580 g/mol. The lowest BCUT2D eigenvalue weighted by Crippen LogP contribution is -2.32. The van der Waals surface area contributed by atoms with Gasteiger partial charge < -0.3 is 19.9 Å². The number of carboxylic acid groups (broad SMARTS) is 1. The first kappa shape index (κ1) is 28.8. The summed E-state index contributed by atoms with van der Waals surface area (Å²) in [5.74, 6) is -1.44. The van der Waals surface area contributed by atoms with Gasteiger partial charge >= 0.3 is 12.1 Å². The highest BCUT2D eigenvalue weighted by atomic mass is 35.5. The number of rotatable bonds is 10. The topological polar surface area (TPSA) is 148 Å². The van der Waals surface area contributed by atoms with Crippen molar-refractivity contribution in [2.45, 2.75) is 16.6 Å². The quantitative estimate of drug-likeness (QED) is 0.299. The second kappa shape index (κ2) is 12.6. The Labute approximate surface area is 228 Å². The van der Waals surface area contributed by atoms with E-state index in [9.17, 15) is 27.9 Å². The van der Waals surface area contributed by atoms with Crippen molar-refractivity contribution < 1.29 is 37.4 Å². The van der Waals surface area contributed by atoms with E-state index in [1.54, 1.807) is 24.3 Å². The van der Waals surface area contributed by atoms with Gasteiger partial charge in [-0.15, -0.1) is 0 Å². The second-order valence-electron chi connectivity index (χ2n) is 7.76. The minimum atomic E-state index is -4.34. The normalized spacial score (nSPS) is 11.8. The van der Waals surface area contributed by atoms with Crippen LogP contribution in [0, 0.1) is 0 Å². The van der Waals surface area contributed by atoms with E-state index in [2.05, 4.69) is 10.6 Å². The van der Waals surface area contributed by atoms with Crippen molar-refractivity contribution in [2.75, 3.05) is 24.4 Å². The van der Waals surface area contributed by atoms with Crippen LogP contribution in [-0.2, 0) is 19.4 Å². The number of carbonyl (C=O) groups excluding carboxylic acids is 2. The largest absolute Gasteiger partial charge is 0.497 e. The van der Waals surface area contributed by atoms with Gasteiger partial charge in [0, 0.05) is 23.4 Å². The molecule has 0 aliphatic rings. The Morgan fingerprint density at radius 1 is 0.895 bits per heavy atom. The number of benzene rings is 3. The zero-order valence-electron chi connectivity index (χ0n) is 19.8. The molecular weight excluding hydrogens is 559 g/mol. The molecule has 38 heavy (non-hydrogen) atoms. The maximum absolute atomic E-state index is 13.0. The molecule has 1 unspecified atom stereocenters. The highest BCUT2D eigenvalue weighted by molar-refractivity contribution is 7.92. The molecule has 0 fully saturated rings. The molecule has 0 radical (unpaired) electrons. The van der Waals surface area contributed by atoms with Crippen LogP contribution in [0.1, 0.15) is 16.8 Å². The van der Waals surface area contributed by atoms with Crippen LogP contribution in [0.4, 0.5) is 16.2 Å². The van der Waals surface area contributed by atoms with Crippen molar-refractivity contribution in [3.8, 4) is 5.75 Å². The van der Waals surface area contributed by atoms with Crippen LogP contribution in [0.5, 0.6) is 5.75 Å². The Kier molecular flexibility index (Phi) is 9.56. The Bertz CT molecular complexity index is 1430. The molecule has 0 saturated carbocycles. The number of methoxy groups -OCH3 is 1. The number of amides is 2. The summed E-state index contributed by atoms with van der Waals surface area (Å²) < 4.78 is 35.9. The van der Waals surface area contributed by atoms with E-state index in [-0.39, 0.29) is 20.6 Å². The smallest absolute Gasteiger partial charge is 0.411 e. The average Bonchev–Trinajstić information content (AvgIpc) is 2.88. The van der Waals surface area contributed by atoms with Gasteiger partial charge in [-0.05, 0) is 66.7 Å². The predicted molar refractivity (Wildman–Crippen MR) is 142 cm³/mol. The molecule has 0 heterocycles. The molecule has 3 aromatic carbocycles. The maximum Gasteiger partial charge on any atom is 0.411 e. The van der Waals surface area contributed by atoms with E-state index in [1.807, 2.05) is 0 Å². The summed E-state index contributed by atoms with van der Waals surface area (Å²) in [4.78, 5) is 35.9. The third-order valence-electron chi connectivity index (χ3n) is 5.22. The van der Waals surface area contributed by atoms with Gasteiger partial charge in [-0.2, -0.15) is 0 Å². The van der Waals surface area contributed by atoms with Gasteiger partial charge in [0.2, 0.25) is 0 Å². The molecule has 3 aromatic rings. The second-order valence-corrected chi connectivity index (χ2v) is 10.7. The van der Waals surface area contributed by atoms with Crippen molar-refractivity contribution in [2.24, 2.45) is 0 Å². The number of ether oxygens (including phenoxy) is 2. The summed E-state index contributed by atoms with van der Waals surface area (Å²) in [5, 5.41) is 13.2. The first-order chi connectivity index (χ1) is 18.0. The van der Waals surface area contributed by atoms with Gasteiger partial charge in [0.15, 0.2) is 15.1 Å². The van der Waals surface area contributed by atoms with Gasteiger partial charge in [-0.3, -0.25) is 14.9 Å². The lowest BCUT2D eigenvalue weighted by molar-refractivity contribution is -0.136. The molecule has 0 aliphatic heterocycles. The molecule has 0 bridgehead atoms. The van der Waals surface area contributed by atoms with Gasteiger partial charge in [0.25, 0.3) is 5.91 Å². The fourth-order valence-corrected chi connectivity index (χ4v) is 5.05. The zero-order chi connectivity index (χ0) is 27.9. The standard InChI is InChI=1S/C25H22Cl2N2O8S/c1-36-18-7-2-15(3-8-18)23(30)28-16-4-9-19(10-5-16)38(34,35)22(24(31)32)12-13-37-25(33)29-17-6-11-20(26)21(27)14-17/h2-11,14,22H,12-13H2,1H3,(H,28,30)(H,29,33)(H,31,32). The maximum atomic E-state index is 13.0. The number of sulfone groups is 1. The SMILES string of the molecule is COc1ccc(C(=O)Nc2ccc(S(=O)(=O)C(CCOC(=O)Nc3ccc(Cl)c(Cl)c3)C(=O)O)cc2)cc1. The third-order valence-corrected chi connectivity index (χ3v) is 8.08. The van der Waals surface area contributed by atoms with E-state index in [4.69, 9.17) is 32.7 Å².